The Kier molecular flexibility index (Phi) is 7.77. The van der Waals surface area contributed by atoms with E-state index in [9.17, 15) is 18.0 Å². The lowest BCUT2D eigenvalue weighted by Gasteiger charge is -2.26. The predicted octanol–water partition coefficient (Wildman–Crippen LogP) is 5.03. The number of benzene rings is 2. The van der Waals surface area contributed by atoms with E-state index in [0.717, 1.165) is 23.4 Å². The molecule has 2 rings (SSSR count). The van der Waals surface area contributed by atoms with Crippen LogP contribution in [0.15, 0.2) is 58.3 Å². The number of rotatable bonds is 9. The Balaban J connectivity index is 2.07. The number of carbonyl (C=O) groups is 1. The van der Waals surface area contributed by atoms with Gasteiger partial charge in [-0.25, -0.2) is 0 Å². The first-order chi connectivity index (χ1) is 13.2. The highest BCUT2D eigenvalue weighted by molar-refractivity contribution is 7.99. The van der Waals surface area contributed by atoms with Gasteiger partial charge in [0.15, 0.2) is 0 Å². The summed E-state index contributed by atoms with van der Waals surface area (Å²) < 4.78 is 44.0. The van der Waals surface area contributed by atoms with Gasteiger partial charge in [-0.2, -0.15) is 13.2 Å². The molecule has 2 aromatic rings. The molecular weight excluding hydrogens is 391 g/mol. The third-order valence-corrected chi connectivity index (χ3v) is 5.23. The van der Waals surface area contributed by atoms with E-state index >= 15 is 0 Å². The maximum atomic E-state index is 12.7. The van der Waals surface area contributed by atoms with E-state index in [0.29, 0.717) is 17.3 Å². The lowest BCUT2D eigenvalue weighted by Crippen LogP contribution is -2.39. The van der Waals surface area contributed by atoms with Crippen LogP contribution in [-0.4, -0.2) is 42.2 Å². The Morgan fingerprint density at radius 2 is 1.82 bits per heavy atom. The van der Waals surface area contributed by atoms with Gasteiger partial charge in [0.25, 0.3) is 0 Å². The van der Waals surface area contributed by atoms with Crippen molar-refractivity contribution in [2.75, 3.05) is 20.2 Å². The minimum atomic E-state index is -4.36. The molecule has 0 saturated carbocycles. The molecule has 0 spiro atoms. The highest BCUT2D eigenvalue weighted by Crippen LogP contribution is 2.36. The number of hydrogen-bond donors (Lipinski definition) is 1. The first-order valence-corrected chi connectivity index (χ1v) is 9.51. The zero-order valence-electron chi connectivity index (χ0n) is 15.6. The van der Waals surface area contributed by atoms with Crippen molar-refractivity contribution in [1.29, 1.82) is 0 Å². The van der Waals surface area contributed by atoms with Gasteiger partial charge in [-0.1, -0.05) is 30.8 Å². The van der Waals surface area contributed by atoms with Gasteiger partial charge in [-0.3, -0.25) is 9.69 Å². The first-order valence-electron chi connectivity index (χ1n) is 8.69. The molecule has 1 N–H and O–H groups in total. The molecule has 0 aliphatic rings. The molecule has 0 aromatic heterocycles. The van der Waals surface area contributed by atoms with E-state index in [1.807, 2.05) is 25.1 Å². The third-order valence-electron chi connectivity index (χ3n) is 4.17. The molecule has 0 fully saturated rings. The van der Waals surface area contributed by atoms with Gasteiger partial charge in [-0.05, 0) is 49.9 Å². The lowest BCUT2D eigenvalue weighted by atomic mass is 10.2. The molecule has 4 nitrogen and oxygen atoms in total. The second-order valence-electron chi connectivity index (χ2n) is 6.25. The molecule has 0 aliphatic heterocycles. The Morgan fingerprint density at radius 1 is 1.18 bits per heavy atom. The summed E-state index contributed by atoms with van der Waals surface area (Å²) in [5, 5.41) is 8.94. The predicted molar refractivity (Wildman–Crippen MR) is 102 cm³/mol. The molecule has 1 unspecified atom stereocenters. The number of hydrogen-bond acceptors (Lipinski definition) is 4. The SMILES string of the molecule is CCC(COc1ccccc1Sc1ccc(C(F)(F)F)cc1)N(C)CC(=O)O. The Morgan fingerprint density at radius 3 is 2.39 bits per heavy atom. The summed E-state index contributed by atoms with van der Waals surface area (Å²) in [4.78, 5) is 14.0. The number of carboxylic acids is 1. The summed E-state index contributed by atoms with van der Waals surface area (Å²) >= 11 is 1.31. The summed E-state index contributed by atoms with van der Waals surface area (Å²) in [6.07, 6.45) is -3.64. The monoisotopic (exact) mass is 413 g/mol. The van der Waals surface area contributed by atoms with Crippen LogP contribution < -0.4 is 4.74 Å². The molecule has 0 radical (unpaired) electrons. The smallest absolute Gasteiger partial charge is 0.416 e. The van der Waals surface area contributed by atoms with Gasteiger partial charge >= 0.3 is 12.1 Å². The summed E-state index contributed by atoms with van der Waals surface area (Å²) in [5.41, 5.74) is -0.686. The Labute approximate surface area is 166 Å². The first kappa shape index (κ1) is 22.1. The van der Waals surface area contributed by atoms with Gasteiger partial charge in [0.05, 0.1) is 17.0 Å². The van der Waals surface area contributed by atoms with Crippen molar-refractivity contribution in [3.05, 3.63) is 54.1 Å². The van der Waals surface area contributed by atoms with Gasteiger partial charge in [0.2, 0.25) is 0 Å². The van der Waals surface area contributed by atoms with Gasteiger partial charge in [-0.15, -0.1) is 0 Å². The van der Waals surface area contributed by atoms with Crippen LogP contribution in [0.25, 0.3) is 0 Å². The van der Waals surface area contributed by atoms with Crippen LogP contribution in [0.2, 0.25) is 0 Å². The molecule has 0 aliphatic carbocycles. The molecular formula is C20H22F3NO3S. The molecule has 0 saturated heterocycles. The third kappa shape index (κ3) is 6.45. The summed E-state index contributed by atoms with van der Waals surface area (Å²) in [7, 11) is 1.73. The molecule has 28 heavy (non-hydrogen) atoms. The number of carboxylic acid groups (broad SMARTS) is 1. The maximum Gasteiger partial charge on any atom is 0.416 e. The van der Waals surface area contributed by atoms with E-state index < -0.39 is 17.7 Å². The van der Waals surface area contributed by atoms with Crippen LogP contribution in [0.3, 0.4) is 0 Å². The van der Waals surface area contributed by atoms with Gasteiger partial charge < -0.3 is 9.84 Å². The van der Waals surface area contributed by atoms with Gasteiger partial charge in [0.1, 0.15) is 12.4 Å². The topological polar surface area (TPSA) is 49.8 Å². The second-order valence-corrected chi connectivity index (χ2v) is 7.37. The highest BCUT2D eigenvalue weighted by atomic mass is 32.2. The number of halogens is 3. The largest absolute Gasteiger partial charge is 0.491 e. The van der Waals surface area contributed by atoms with Crippen molar-refractivity contribution >= 4 is 17.7 Å². The molecule has 1 atom stereocenters. The van der Waals surface area contributed by atoms with Crippen molar-refractivity contribution in [2.45, 2.75) is 35.4 Å². The zero-order valence-corrected chi connectivity index (χ0v) is 16.4. The van der Waals surface area contributed by atoms with Crippen LogP contribution in [0.1, 0.15) is 18.9 Å². The number of nitrogens with zero attached hydrogens (tertiary/aromatic N) is 1. The molecule has 2 aromatic carbocycles. The number of ether oxygens (including phenoxy) is 1. The molecule has 152 valence electrons. The van der Waals surface area contributed by atoms with Crippen LogP contribution in [-0.2, 0) is 11.0 Å². The van der Waals surface area contributed by atoms with Crippen LogP contribution in [0, 0.1) is 0 Å². The van der Waals surface area contributed by atoms with E-state index in [4.69, 9.17) is 9.84 Å². The zero-order chi connectivity index (χ0) is 20.7. The van der Waals surface area contributed by atoms with Crippen LogP contribution in [0.4, 0.5) is 13.2 Å². The minimum Gasteiger partial charge on any atom is -0.491 e. The molecule has 0 heterocycles. The fraction of sp³-hybridized carbons (Fsp3) is 0.350. The van der Waals surface area contributed by atoms with Crippen molar-refractivity contribution in [3.8, 4) is 5.75 Å². The average Bonchev–Trinajstić information content (AvgIpc) is 2.62. The summed E-state index contributed by atoms with van der Waals surface area (Å²) in [6, 6.07) is 12.2. The number of likely N-dealkylation sites (N-methyl/N-ethyl adjacent to an activating group) is 1. The van der Waals surface area contributed by atoms with Crippen LogP contribution >= 0.6 is 11.8 Å². The maximum absolute atomic E-state index is 12.7. The lowest BCUT2D eigenvalue weighted by molar-refractivity contribution is -0.139. The number of aliphatic carboxylic acids is 1. The van der Waals surface area contributed by atoms with Crippen molar-refractivity contribution in [2.24, 2.45) is 0 Å². The Hall–Kier alpha value is -2.19. The van der Waals surface area contributed by atoms with Crippen molar-refractivity contribution in [1.82, 2.24) is 4.90 Å². The fourth-order valence-electron chi connectivity index (χ4n) is 2.58. The molecule has 8 heteroatoms. The van der Waals surface area contributed by atoms with E-state index in [-0.39, 0.29) is 12.6 Å². The van der Waals surface area contributed by atoms with E-state index in [2.05, 4.69) is 0 Å². The Bertz CT molecular complexity index is 781. The van der Waals surface area contributed by atoms with Crippen molar-refractivity contribution in [3.63, 3.8) is 0 Å². The standard InChI is InChI=1S/C20H22F3NO3S/c1-3-15(24(2)12-19(25)26)13-27-17-6-4-5-7-18(17)28-16-10-8-14(9-11-16)20(21,22)23/h4-11,15H,3,12-13H2,1-2H3,(H,25,26). The van der Waals surface area contributed by atoms with Crippen molar-refractivity contribution < 1.29 is 27.8 Å². The fourth-order valence-corrected chi connectivity index (χ4v) is 3.48. The highest BCUT2D eigenvalue weighted by Gasteiger charge is 2.30. The summed E-state index contributed by atoms with van der Waals surface area (Å²) in [6.45, 7) is 2.18. The number of alkyl halides is 3. The quantitative estimate of drug-likeness (QED) is 0.625. The van der Waals surface area contributed by atoms with E-state index in [1.54, 1.807) is 18.0 Å². The van der Waals surface area contributed by atoms with Crippen LogP contribution in [0.5, 0.6) is 5.75 Å². The second kappa shape index (κ2) is 9.84. The minimum absolute atomic E-state index is 0.0692. The summed E-state index contributed by atoms with van der Waals surface area (Å²) in [5.74, 6) is -0.297. The van der Waals surface area contributed by atoms with E-state index in [1.165, 1.54) is 23.9 Å². The molecule has 0 bridgehead atoms. The van der Waals surface area contributed by atoms with Gasteiger partial charge in [0, 0.05) is 10.9 Å². The number of para-hydroxylation sites is 1. The molecule has 0 amide bonds. The average molecular weight is 413 g/mol. The normalized spacial score (nSPS) is 12.8.